The molecule has 98 valence electrons. The molecule has 0 aromatic heterocycles. The molecule has 3 nitrogen and oxygen atoms in total. The topological polar surface area (TPSA) is 45.0 Å². The van der Waals surface area contributed by atoms with E-state index < -0.39 is 0 Å². The van der Waals surface area contributed by atoms with Gasteiger partial charge >= 0.3 is 0 Å². The number of rotatable bonds is 6. The summed E-state index contributed by atoms with van der Waals surface area (Å²) in [6, 6.07) is 6.04. The number of aryl methyl sites for hydroxylation is 1. The standard InChI is InChI=1S/C14H19BrN2O/c1-10(2)8-17-9-12-7-13(15)6-11(3)14(12)18-5-4-16/h6-7,10,17H,5,8-9H2,1-3H3. The minimum absolute atomic E-state index is 0.0830. The molecule has 0 aliphatic carbocycles. The Morgan fingerprint density at radius 1 is 1.44 bits per heavy atom. The summed E-state index contributed by atoms with van der Waals surface area (Å²) >= 11 is 3.49. The number of nitriles is 1. The van der Waals surface area contributed by atoms with Crippen molar-refractivity contribution in [1.29, 1.82) is 5.26 Å². The van der Waals surface area contributed by atoms with Crippen LogP contribution < -0.4 is 10.1 Å². The number of hydrogen-bond acceptors (Lipinski definition) is 3. The van der Waals surface area contributed by atoms with Crippen LogP contribution in [0.2, 0.25) is 0 Å². The van der Waals surface area contributed by atoms with E-state index in [1.165, 1.54) is 0 Å². The lowest BCUT2D eigenvalue weighted by atomic mass is 10.1. The Labute approximate surface area is 117 Å². The lowest BCUT2D eigenvalue weighted by molar-refractivity contribution is 0.359. The highest BCUT2D eigenvalue weighted by atomic mass is 79.9. The van der Waals surface area contributed by atoms with Crippen molar-refractivity contribution in [3.8, 4) is 11.8 Å². The predicted octanol–water partition coefficient (Wildman–Crippen LogP) is 3.41. The number of hydrogen-bond donors (Lipinski definition) is 1. The fourth-order valence-electron chi connectivity index (χ4n) is 1.74. The van der Waals surface area contributed by atoms with Gasteiger partial charge in [-0.3, -0.25) is 0 Å². The van der Waals surface area contributed by atoms with Crippen LogP contribution in [-0.2, 0) is 6.54 Å². The van der Waals surface area contributed by atoms with E-state index in [0.29, 0.717) is 5.92 Å². The molecule has 0 saturated heterocycles. The molecule has 0 heterocycles. The third kappa shape index (κ3) is 4.67. The van der Waals surface area contributed by atoms with Crippen molar-refractivity contribution in [2.24, 2.45) is 5.92 Å². The highest BCUT2D eigenvalue weighted by molar-refractivity contribution is 9.10. The van der Waals surface area contributed by atoms with Crippen LogP contribution in [0.5, 0.6) is 5.75 Å². The molecule has 0 atom stereocenters. The normalized spacial score (nSPS) is 10.4. The van der Waals surface area contributed by atoms with Gasteiger partial charge in [-0.25, -0.2) is 0 Å². The third-order valence-electron chi connectivity index (χ3n) is 2.47. The summed E-state index contributed by atoms with van der Waals surface area (Å²) in [5, 5.41) is 12.0. The van der Waals surface area contributed by atoms with E-state index >= 15 is 0 Å². The first-order valence-corrected chi connectivity index (χ1v) is 6.83. The maximum atomic E-state index is 8.61. The lowest BCUT2D eigenvalue weighted by Crippen LogP contribution is -2.19. The van der Waals surface area contributed by atoms with Crippen molar-refractivity contribution in [2.75, 3.05) is 13.2 Å². The Morgan fingerprint density at radius 3 is 2.78 bits per heavy atom. The van der Waals surface area contributed by atoms with Crippen LogP contribution in [-0.4, -0.2) is 13.2 Å². The molecule has 4 heteroatoms. The van der Waals surface area contributed by atoms with Gasteiger partial charge in [0.15, 0.2) is 6.61 Å². The third-order valence-corrected chi connectivity index (χ3v) is 2.92. The average molecular weight is 311 g/mol. The van der Waals surface area contributed by atoms with Gasteiger partial charge in [0.25, 0.3) is 0 Å². The lowest BCUT2D eigenvalue weighted by Gasteiger charge is -2.14. The summed E-state index contributed by atoms with van der Waals surface area (Å²) in [4.78, 5) is 0. The van der Waals surface area contributed by atoms with Crippen LogP contribution in [0.3, 0.4) is 0 Å². The first-order chi connectivity index (χ1) is 8.54. The van der Waals surface area contributed by atoms with Crippen LogP contribution in [0.15, 0.2) is 16.6 Å². The quantitative estimate of drug-likeness (QED) is 0.875. The molecular weight excluding hydrogens is 292 g/mol. The first-order valence-electron chi connectivity index (χ1n) is 6.04. The van der Waals surface area contributed by atoms with Gasteiger partial charge in [0.1, 0.15) is 11.8 Å². The molecule has 1 N–H and O–H groups in total. The molecule has 18 heavy (non-hydrogen) atoms. The van der Waals surface area contributed by atoms with Crippen LogP contribution in [0.4, 0.5) is 0 Å². The minimum atomic E-state index is 0.0830. The highest BCUT2D eigenvalue weighted by Gasteiger charge is 2.09. The van der Waals surface area contributed by atoms with E-state index in [1.807, 2.05) is 25.1 Å². The van der Waals surface area contributed by atoms with Crippen LogP contribution in [0.1, 0.15) is 25.0 Å². The van der Waals surface area contributed by atoms with Gasteiger partial charge < -0.3 is 10.1 Å². The van der Waals surface area contributed by atoms with Crippen molar-refractivity contribution >= 4 is 15.9 Å². The van der Waals surface area contributed by atoms with Gasteiger partial charge in [0.05, 0.1) is 0 Å². The number of benzene rings is 1. The molecule has 0 unspecified atom stereocenters. The monoisotopic (exact) mass is 310 g/mol. The van der Waals surface area contributed by atoms with Gasteiger partial charge in [-0.2, -0.15) is 5.26 Å². The Kier molecular flexibility index (Phi) is 6.17. The molecule has 0 fully saturated rings. The van der Waals surface area contributed by atoms with Crippen LogP contribution in [0, 0.1) is 24.2 Å². The predicted molar refractivity (Wildman–Crippen MR) is 76.5 cm³/mol. The van der Waals surface area contributed by atoms with E-state index in [0.717, 1.165) is 34.4 Å². The Balaban J connectivity index is 2.82. The molecule has 0 bridgehead atoms. The Morgan fingerprint density at radius 2 is 2.17 bits per heavy atom. The molecule has 0 amide bonds. The van der Waals surface area contributed by atoms with Crippen molar-refractivity contribution in [2.45, 2.75) is 27.3 Å². The molecule has 1 aromatic rings. The first kappa shape index (κ1) is 15.0. The summed E-state index contributed by atoms with van der Waals surface area (Å²) < 4.78 is 6.54. The van der Waals surface area contributed by atoms with Gasteiger partial charge in [0.2, 0.25) is 0 Å². The molecule has 0 saturated carbocycles. The number of nitrogens with one attached hydrogen (secondary N) is 1. The summed E-state index contributed by atoms with van der Waals surface area (Å²) in [5.41, 5.74) is 2.12. The second-order valence-corrected chi connectivity index (χ2v) is 5.60. The van der Waals surface area contributed by atoms with E-state index in [9.17, 15) is 0 Å². The van der Waals surface area contributed by atoms with E-state index in [4.69, 9.17) is 10.00 Å². The van der Waals surface area contributed by atoms with Crippen molar-refractivity contribution < 1.29 is 4.74 Å². The summed E-state index contributed by atoms with van der Waals surface area (Å²) in [6.45, 7) is 8.13. The summed E-state index contributed by atoms with van der Waals surface area (Å²) in [5.74, 6) is 1.43. The van der Waals surface area contributed by atoms with Gasteiger partial charge in [-0.05, 0) is 37.1 Å². The molecule has 1 rings (SSSR count). The second-order valence-electron chi connectivity index (χ2n) is 4.68. The van der Waals surface area contributed by atoms with E-state index in [2.05, 4.69) is 35.1 Å². The zero-order valence-electron chi connectivity index (χ0n) is 11.1. The maximum absolute atomic E-state index is 8.61. The molecule has 0 radical (unpaired) electrons. The number of ether oxygens (including phenoxy) is 1. The Hall–Kier alpha value is -1.05. The average Bonchev–Trinajstić information content (AvgIpc) is 2.27. The number of nitrogens with zero attached hydrogens (tertiary/aromatic N) is 1. The van der Waals surface area contributed by atoms with Gasteiger partial charge in [-0.1, -0.05) is 29.8 Å². The minimum Gasteiger partial charge on any atom is -0.478 e. The molecule has 0 aliphatic rings. The van der Waals surface area contributed by atoms with Crippen LogP contribution >= 0.6 is 15.9 Å². The number of halogens is 1. The van der Waals surface area contributed by atoms with Gasteiger partial charge in [-0.15, -0.1) is 0 Å². The maximum Gasteiger partial charge on any atom is 0.174 e. The molecule has 0 aliphatic heterocycles. The van der Waals surface area contributed by atoms with Crippen molar-refractivity contribution in [3.63, 3.8) is 0 Å². The fourth-order valence-corrected chi connectivity index (χ4v) is 2.36. The zero-order valence-corrected chi connectivity index (χ0v) is 12.7. The van der Waals surface area contributed by atoms with Crippen molar-refractivity contribution in [1.82, 2.24) is 5.32 Å². The molecule has 1 aromatic carbocycles. The fraction of sp³-hybridized carbons (Fsp3) is 0.500. The SMILES string of the molecule is Cc1cc(Br)cc(CNCC(C)C)c1OCC#N. The zero-order chi connectivity index (χ0) is 13.5. The second kappa shape index (κ2) is 7.40. The van der Waals surface area contributed by atoms with Crippen LogP contribution in [0.25, 0.3) is 0 Å². The van der Waals surface area contributed by atoms with E-state index in [-0.39, 0.29) is 6.61 Å². The largest absolute Gasteiger partial charge is 0.478 e. The van der Waals surface area contributed by atoms with E-state index in [1.54, 1.807) is 0 Å². The molecule has 0 spiro atoms. The summed E-state index contributed by atoms with van der Waals surface area (Å²) in [6.07, 6.45) is 0. The highest BCUT2D eigenvalue weighted by Crippen LogP contribution is 2.28. The Bertz CT molecular complexity index is 438. The van der Waals surface area contributed by atoms with Crippen molar-refractivity contribution in [3.05, 3.63) is 27.7 Å². The van der Waals surface area contributed by atoms with Gasteiger partial charge in [0, 0.05) is 16.6 Å². The smallest absolute Gasteiger partial charge is 0.174 e. The summed E-state index contributed by atoms with van der Waals surface area (Å²) in [7, 11) is 0. The molecular formula is C14H19BrN2O.